The molecule has 0 aliphatic heterocycles. The highest BCUT2D eigenvalue weighted by Crippen LogP contribution is 2.27. The van der Waals surface area contributed by atoms with Gasteiger partial charge in [0.25, 0.3) is 0 Å². The van der Waals surface area contributed by atoms with Gasteiger partial charge in [-0.2, -0.15) is 11.3 Å². The second kappa shape index (κ2) is 4.68. The standard InChI is InChI=1S/C13H15NOS/c1-9-7-16-8-12(9)13(14)10-4-3-5-11(6-10)15-2/h3-8,13H,14H2,1-2H3. The van der Waals surface area contributed by atoms with Crippen LogP contribution in [0.4, 0.5) is 0 Å². The van der Waals surface area contributed by atoms with Crippen molar-refractivity contribution in [3.63, 3.8) is 0 Å². The van der Waals surface area contributed by atoms with Crippen LogP contribution < -0.4 is 10.5 Å². The molecule has 1 aromatic heterocycles. The Morgan fingerprint density at radius 3 is 2.75 bits per heavy atom. The fourth-order valence-corrected chi connectivity index (χ4v) is 2.59. The van der Waals surface area contributed by atoms with E-state index < -0.39 is 0 Å². The molecule has 0 spiro atoms. The molecule has 0 radical (unpaired) electrons. The Morgan fingerprint density at radius 1 is 1.31 bits per heavy atom. The largest absolute Gasteiger partial charge is 0.497 e. The summed E-state index contributed by atoms with van der Waals surface area (Å²) in [6.07, 6.45) is 0. The van der Waals surface area contributed by atoms with Crippen molar-refractivity contribution in [2.75, 3.05) is 7.11 Å². The zero-order valence-electron chi connectivity index (χ0n) is 9.44. The van der Waals surface area contributed by atoms with Crippen LogP contribution in [0.25, 0.3) is 0 Å². The normalized spacial score (nSPS) is 12.4. The SMILES string of the molecule is COc1cccc(C(N)c2cscc2C)c1. The van der Waals surface area contributed by atoms with Crippen LogP contribution in [0.5, 0.6) is 5.75 Å². The molecule has 1 atom stereocenters. The molecular formula is C13H15NOS. The molecule has 0 aliphatic carbocycles. The molecule has 0 bridgehead atoms. The third kappa shape index (κ3) is 2.10. The van der Waals surface area contributed by atoms with Crippen LogP contribution in [0.3, 0.4) is 0 Å². The molecule has 1 aromatic carbocycles. The predicted molar refractivity (Wildman–Crippen MR) is 68.1 cm³/mol. The van der Waals surface area contributed by atoms with Gasteiger partial charge in [0.05, 0.1) is 13.2 Å². The molecule has 2 rings (SSSR count). The van der Waals surface area contributed by atoms with Crippen molar-refractivity contribution in [3.05, 3.63) is 51.7 Å². The first-order valence-electron chi connectivity index (χ1n) is 5.14. The Balaban J connectivity index is 2.33. The molecule has 0 fully saturated rings. The number of thiophene rings is 1. The lowest BCUT2D eigenvalue weighted by atomic mass is 9.99. The van der Waals surface area contributed by atoms with Gasteiger partial charge in [-0.3, -0.25) is 0 Å². The number of hydrogen-bond donors (Lipinski definition) is 1. The first kappa shape index (κ1) is 11.2. The highest BCUT2D eigenvalue weighted by Gasteiger charge is 2.12. The van der Waals surface area contributed by atoms with Crippen molar-refractivity contribution in [2.45, 2.75) is 13.0 Å². The van der Waals surface area contributed by atoms with E-state index in [1.807, 2.05) is 24.3 Å². The summed E-state index contributed by atoms with van der Waals surface area (Å²) in [7, 11) is 1.67. The quantitative estimate of drug-likeness (QED) is 0.884. The van der Waals surface area contributed by atoms with Gasteiger partial charge in [0.2, 0.25) is 0 Å². The van der Waals surface area contributed by atoms with E-state index in [4.69, 9.17) is 10.5 Å². The van der Waals surface area contributed by atoms with Crippen molar-refractivity contribution < 1.29 is 4.74 Å². The molecule has 3 heteroatoms. The molecular weight excluding hydrogens is 218 g/mol. The topological polar surface area (TPSA) is 35.2 Å². The second-order valence-electron chi connectivity index (χ2n) is 3.76. The number of nitrogens with two attached hydrogens (primary N) is 1. The van der Waals surface area contributed by atoms with Crippen molar-refractivity contribution in [3.8, 4) is 5.75 Å². The number of hydrogen-bond acceptors (Lipinski definition) is 3. The van der Waals surface area contributed by atoms with Crippen molar-refractivity contribution in [2.24, 2.45) is 5.73 Å². The van der Waals surface area contributed by atoms with E-state index in [9.17, 15) is 0 Å². The molecule has 0 saturated heterocycles. The van der Waals surface area contributed by atoms with Gasteiger partial charge in [0.1, 0.15) is 5.75 Å². The average molecular weight is 233 g/mol. The summed E-state index contributed by atoms with van der Waals surface area (Å²) in [6.45, 7) is 2.09. The van der Waals surface area contributed by atoms with Gasteiger partial charge < -0.3 is 10.5 Å². The minimum atomic E-state index is -0.0682. The van der Waals surface area contributed by atoms with Gasteiger partial charge in [0, 0.05) is 0 Å². The zero-order valence-corrected chi connectivity index (χ0v) is 10.3. The maximum atomic E-state index is 6.24. The fourth-order valence-electron chi connectivity index (χ4n) is 1.70. The number of benzene rings is 1. The minimum Gasteiger partial charge on any atom is -0.497 e. The number of aryl methyl sites for hydroxylation is 1. The highest BCUT2D eigenvalue weighted by atomic mass is 32.1. The highest BCUT2D eigenvalue weighted by molar-refractivity contribution is 7.08. The average Bonchev–Trinajstić information content (AvgIpc) is 2.74. The predicted octanol–water partition coefficient (Wildman–Crippen LogP) is 3.11. The van der Waals surface area contributed by atoms with Gasteiger partial charge in [-0.1, -0.05) is 12.1 Å². The van der Waals surface area contributed by atoms with E-state index in [1.165, 1.54) is 11.1 Å². The Labute approximate surface area is 99.7 Å². The first-order chi connectivity index (χ1) is 7.72. The Hall–Kier alpha value is -1.32. The Kier molecular flexibility index (Phi) is 3.27. The number of rotatable bonds is 3. The zero-order chi connectivity index (χ0) is 11.5. The van der Waals surface area contributed by atoms with Crippen LogP contribution in [0, 0.1) is 6.92 Å². The van der Waals surface area contributed by atoms with Crippen LogP contribution in [0.1, 0.15) is 22.7 Å². The second-order valence-corrected chi connectivity index (χ2v) is 4.51. The molecule has 0 amide bonds. The lowest BCUT2D eigenvalue weighted by molar-refractivity contribution is 0.414. The van der Waals surface area contributed by atoms with E-state index in [0.29, 0.717) is 0 Å². The lowest BCUT2D eigenvalue weighted by Gasteiger charge is -2.13. The summed E-state index contributed by atoms with van der Waals surface area (Å²) in [6, 6.07) is 7.85. The minimum absolute atomic E-state index is 0.0682. The Morgan fingerprint density at radius 2 is 2.12 bits per heavy atom. The third-order valence-electron chi connectivity index (χ3n) is 2.68. The molecule has 2 N–H and O–H groups in total. The van der Waals surface area contributed by atoms with Gasteiger partial charge in [-0.15, -0.1) is 0 Å². The monoisotopic (exact) mass is 233 g/mol. The van der Waals surface area contributed by atoms with Crippen LogP contribution in [-0.2, 0) is 0 Å². The van der Waals surface area contributed by atoms with Gasteiger partial charge in [-0.05, 0) is 46.5 Å². The number of methoxy groups -OCH3 is 1. The van der Waals surface area contributed by atoms with Crippen LogP contribution in [0.15, 0.2) is 35.0 Å². The summed E-state index contributed by atoms with van der Waals surface area (Å²) >= 11 is 1.69. The van der Waals surface area contributed by atoms with Crippen LogP contribution >= 0.6 is 11.3 Å². The van der Waals surface area contributed by atoms with E-state index in [0.717, 1.165) is 11.3 Å². The molecule has 1 unspecified atom stereocenters. The van der Waals surface area contributed by atoms with Crippen molar-refractivity contribution in [1.29, 1.82) is 0 Å². The molecule has 0 aliphatic rings. The fraction of sp³-hybridized carbons (Fsp3) is 0.231. The molecule has 2 aromatic rings. The van der Waals surface area contributed by atoms with E-state index >= 15 is 0 Å². The summed E-state index contributed by atoms with van der Waals surface area (Å²) in [5.41, 5.74) is 9.76. The van der Waals surface area contributed by atoms with E-state index in [-0.39, 0.29) is 6.04 Å². The first-order valence-corrected chi connectivity index (χ1v) is 6.09. The maximum Gasteiger partial charge on any atom is 0.119 e. The molecule has 16 heavy (non-hydrogen) atoms. The van der Waals surface area contributed by atoms with Gasteiger partial charge >= 0.3 is 0 Å². The molecule has 1 heterocycles. The maximum absolute atomic E-state index is 6.24. The van der Waals surface area contributed by atoms with Crippen LogP contribution in [-0.4, -0.2) is 7.11 Å². The summed E-state index contributed by atoms with van der Waals surface area (Å²) in [5.74, 6) is 0.848. The van der Waals surface area contributed by atoms with Crippen molar-refractivity contribution in [1.82, 2.24) is 0 Å². The molecule has 84 valence electrons. The smallest absolute Gasteiger partial charge is 0.119 e. The third-order valence-corrected chi connectivity index (χ3v) is 3.56. The lowest BCUT2D eigenvalue weighted by Crippen LogP contribution is -2.12. The van der Waals surface area contributed by atoms with Crippen molar-refractivity contribution >= 4 is 11.3 Å². The van der Waals surface area contributed by atoms with Gasteiger partial charge in [0.15, 0.2) is 0 Å². The summed E-state index contributed by atoms with van der Waals surface area (Å²) in [5, 5.41) is 4.23. The van der Waals surface area contributed by atoms with Gasteiger partial charge in [-0.25, -0.2) is 0 Å². The van der Waals surface area contributed by atoms with E-state index in [2.05, 4.69) is 17.7 Å². The molecule has 2 nitrogen and oxygen atoms in total. The summed E-state index contributed by atoms with van der Waals surface area (Å²) < 4.78 is 5.20. The van der Waals surface area contributed by atoms with E-state index in [1.54, 1.807) is 18.4 Å². The number of ether oxygens (including phenoxy) is 1. The van der Waals surface area contributed by atoms with Crippen LogP contribution in [0.2, 0.25) is 0 Å². The Bertz CT molecular complexity index is 478. The summed E-state index contributed by atoms with van der Waals surface area (Å²) in [4.78, 5) is 0. The molecule has 0 saturated carbocycles.